The minimum atomic E-state index is -4.40. The van der Waals surface area contributed by atoms with Crippen LogP contribution >= 0.6 is 23.1 Å². The van der Waals surface area contributed by atoms with Crippen molar-refractivity contribution < 1.29 is 17.9 Å². The summed E-state index contributed by atoms with van der Waals surface area (Å²) in [5.74, 6) is 0.422. The molecule has 10 heteroatoms. The second-order valence-electron chi connectivity index (χ2n) is 4.80. The van der Waals surface area contributed by atoms with Crippen molar-refractivity contribution in [3.63, 3.8) is 0 Å². The lowest BCUT2D eigenvalue weighted by atomic mass is 10.2. The maximum absolute atomic E-state index is 12.8. The molecule has 5 nitrogen and oxygen atoms in total. The molecule has 2 aromatic heterocycles. The minimum absolute atomic E-state index is 0.0124. The van der Waals surface area contributed by atoms with Gasteiger partial charge in [0, 0.05) is 12.6 Å². The zero-order chi connectivity index (χ0) is 16.4. The van der Waals surface area contributed by atoms with E-state index in [0.717, 1.165) is 4.21 Å². The summed E-state index contributed by atoms with van der Waals surface area (Å²) in [6, 6.07) is 5.50. The second-order valence-corrected chi connectivity index (χ2v) is 7.07. The van der Waals surface area contributed by atoms with E-state index in [4.69, 9.17) is 10.5 Å². The Morgan fingerprint density at radius 3 is 2.91 bits per heavy atom. The van der Waals surface area contributed by atoms with Gasteiger partial charge in [-0.15, -0.1) is 11.3 Å². The topological polar surface area (TPSA) is 64.3 Å². The number of morpholine rings is 1. The van der Waals surface area contributed by atoms with Crippen molar-refractivity contribution >= 4 is 34.9 Å². The molecule has 0 saturated carbocycles. The molecule has 0 radical (unpaired) electrons. The van der Waals surface area contributed by atoms with Crippen LogP contribution in [0.3, 0.4) is 0 Å². The molecule has 3 rings (SSSR count). The molecule has 0 bridgehead atoms. The highest BCUT2D eigenvalue weighted by Gasteiger charge is 2.43. The van der Waals surface area contributed by atoms with Gasteiger partial charge in [-0.1, -0.05) is 17.8 Å². The molecule has 3 heterocycles. The summed E-state index contributed by atoms with van der Waals surface area (Å²) in [6.45, 7) is 0.0106. The summed E-state index contributed by atoms with van der Waals surface area (Å²) in [5.41, 5.74) is 5.70. The lowest BCUT2D eigenvalue weighted by Gasteiger charge is -2.34. The van der Waals surface area contributed by atoms with Gasteiger partial charge in [-0.25, -0.2) is 4.98 Å². The summed E-state index contributed by atoms with van der Waals surface area (Å²) in [5, 5.41) is 2.54. The van der Waals surface area contributed by atoms with E-state index in [2.05, 4.69) is 9.97 Å². The number of halogens is 3. The largest absolute Gasteiger partial charge is 0.416 e. The SMILES string of the molecule is Nc1nc(Sc2cccs2)cc(N2CCO[C@H](C(F)(F)F)C2)n1. The molecule has 23 heavy (non-hydrogen) atoms. The van der Waals surface area contributed by atoms with Crippen molar-refractivity contribution in [2.75, 3.05) is 30.3 Å². The molecule has 1 fully saturated rings. The van der Waals surface area contributed by atoms with Crippen molar-refractivity contribution in [2.45, 2.75) is 21.5 Å². The van der Waals surface area contributed by atoms with Crippen molar-refractivity contribution in [3.05, 3.63) is 23.6 Å². The number of ether oxygens (including phenoxy) is 1. The third kappa shape index (κ3) is 4.06. The van der Waals surface area contributed by atoms with Crippen LogP contribution in [0.25, 0.3) is 0 Å². The molecule has 2 N–H and O–H groups in total. The number of nitrogen functional groups attached to an aromatic ring is 1. The first-order chi connectivity index (χ1) is 10.9. The number of hydrogen-bond acceptors (Lipinski definition) is 7. The number of alkyl halides is 3. The molecule has 0 aromatic carbocycles. The molecule has 0 unspecified atom stereocenters. The Morgan fingerprint density at radius 2 is 2.22 bits per heavy atom. The molecule has 0 amide bonds. The van der Waals surface area contributed by atoms with Gasteiger partial charge in [-0.05, 0) is 11.4 Å². The molecule has 2 aromatic rings. The quantitative estimate of drug-likeness (QED) is 0.847. The number of hydrogen-bond donors (Lipinski definition) is 1. The Labute approximate surface area is 138 Å². The zero-order valence-electron chi connectivity index (χ0n) is 11.8. The van der Waals surface area contributed by atoms with Gasteiger partial charge in [0.15, 0.2) is 6.10 Å². The van der Waals surface area contributed by atoms with Crippen LogP contribution in [0.5, 0.6) is 0 Å². The highest BCUT2D eigenvalue weighted by molar-refractivity contribution is 8.01. The van der Waals surface area contributed by atoms with Crippen LogP contribution in [0.1, 0.15) is 0 Å². The van der Waals surface area contributed by atoms with E-state index in [1.807, 2.05) is 17.5 Å². The van der Waals surface area contributed by atoms with E-state index in [9.17, 15) is 13.2 Å². The summed E-state index contributed by atoms with van der Waals surface area (Å²) in [4.78, 5) is 9.72. The highest BCUT2D eigenvalue weighted by atomic mass is 32.2. The van der Waals surface area contributed by atoms with E-state index in [0.29, 0.717) is 17.4 Å². The van der Waals surface area contributed by atoms with Crippen molar-refractivity contribution in [1.82, 2.24) is 9.97 Å². The van der Waals surface area contributed by atoms with Crippen LogP contribution in [0.4, 0.5) is 24.9 Å². The average Bonchev–Trinajstić information content (AvgIpc) is 2.99. The summed E-state index contributed by atoms with van der Waals surface area (Å²) >= 11 is 2.95. The lowest BCUT2D eigenvalue weighted by Crippen LogP contribution is -2.49. The normalized spacial score (nSPS) is 19.1. The Morgan fingerprint density at radius 1 is 1.39 bits per heavy atom. The van der Waals surface area contributed by atoms with Crippen molar-refractivity contribution in [1.29, 1.82) is 0 Å². The van der Waals surface area contributed by atoms with E-state index < -0.39 is 12.3 Å². The first-order valence-electron chi connectivity index (χ1n) is 6.71. The smallest absolute Gasteiger partial charge is 0.368 e. The maximum Gasteiger partial charge on any atom is 0.416 e. The third-order valence-corrected chi connectivity index (χ3v) is 5.12. The Balaban J connectivity index is 1.80. The van der Waals surface area contributed by atoms with Crippen LogP contribution in [0.2, 0.25) is 0 Å². The Bertz CT molecular complexity index is 666. The zero-order valence-corrected chi connectivity index (χ0v) is 13.4. The second kappa shape index (κ2) is 6.54. The standard InChI is InChI=1S/C13H13F3N4OS2/c14-13(15,16)8-7-20(3-4-21-8)9-6-10(19-12(17)18-9)23-11-2-1-5-22-11/h1-2,5-6,8H,3-4,7H2,(H2,17,18,19)/t8-/m0/s1. The van der Waals surface area contributed by atoms with E-state index in [1.165, 1.54) is 16.7 Å². The Kier molecular flexibility index (Phi) is 4.64. The predicted molar refractivity (Wildman–Crippen MR) is 82.9 cm³/mol. The molecular formula is C13H13F3N4OS2. The van der Waals surface area contributed by atoms with Crippen molar-refractivity contribution in [3.8, 4) is 0 Å². The van der Waals surface area contributed by atoms with E-state index in [-0.39, 0.29) is 19.1 Å². The molecule has 0 spiro atoms. The fourth-order valence-electron chi connectivity index (χ4n) is 2.12. The van der Waals surface area contributed by atoms with Crippen LogP contribution in [-0.4, -0.2) is 41.9 Å². The van der Waals surface area contributed by atoms with Crippen LogP contribution in [0, 0.1) is 0 Å². The molecule has 1 aliphatic rings. The number of thiophene rings is 1. The molecule has 0 aliphatic carbocycles. The van der Waals surface area contributed by atoms with Gasteiger partial charge in [0.25, 0.3) is 0 Å². The van der Waals surface area contributed by atoms with Gasteiger partial charge in [0.1, 0.15) is 10.8 Å². The summed E-state index contributed by atoms with van der Waals surface area (Å²) in [7, 11) is 0. The fourth-order valence-corrected chi connectivity index (χ4v) is 3.84. The highest BCUT2D eigenvalue weighted by Crippen LogP contribution is 2.33. The first kappa shape index (κ1) is 16.3. The number of anilines is 2. The van der Waals surface area contributed by atoms with Crippen molar-refractivity contribution in [2.24, 2.45) is 0 Å². The van der Waals surface area contributed by atoms with Gasteiger partial charge in [0.2, 0.25) is 5.95 Å². The van der Waals surface area contributed by atoms with Crippen LogP contribution < -0.4 is 10.6 Å². The van der Waals surface area contributed by atoms with Gasteiger partial charge in [0.05, 0.1) is 17.4 Å². The molecular weight excluding hydrogens is 349 g/mol. The van der Waals surface area contributed by atoms with E-state index >= 15 is 0 Å². The Hall–Kier alpha value is -1.52. The molecule has 1 atom stereocenters. The van der Waals surface area contributed by atoms with Gasteiger partial charge < -0.3 is 15.4 Å². The van der Waals surface area contributed by atoms with Crippen LogP contribution in [-0.2, 0) is 4.74 Å². The minimum Gasteiger partial charge on any atom is -0.368 e. The van der Waals surface area contributed by atoms with Crippen LogP contribution in [0.15, 0.2) is 32.8 Å². The first-order valence-corrected chi connectivity index (χ1v) is 8.40. The molecule has 1 saturated heterocycles. The summed E-state index contributed by atoms with van der Waals surface area (Å²) in [6.07, 6.45) is -6.22. The molecule has 1 aliphatic heterocycles. The maximum atomic E-state index is 12.8. The monoisotopic (exact) mass is 362 g/mol. The number of rotatable bonds is 3. The average molecular weight is 362 g/mol. The third-order valence-electron chi connectivity index (χ3n) is 3.16. The number of aromatic nitrogens is 2. The van der Waals surface area contributed by atoms with E-state index in [1.54, 1.807) is 17.4 Å². The fraction of sp³-hybridized carbons (Fsp3) is 0.385. The summed E-state index contributed by atoms with van der Waals surface area (Å²) < 4.78 is 44.3. The lowest BCUT2D eigenvalue weighted by molar-refractivity contribution is -0.221. The molecule has 124 valence electrons. The van der Waals surface area contributed by atoms with Gasteiger partial charge >= 0.3 is 6.18 Å². The number of nitrogens with zero attached hydrogens (tertiary/aromatic N) is 3. The van der Waals surface area contributed by atoms with Gasteiger partial charge in [-0.3, -0.25) is 0 Å². The number of nitrogens with two attached hydrogens (primary N) is 1. The van der Waals surface area contributed by atoms with Gasteiger partial charge in [-0.2, -0.15) is 18.2 Å². The predicted octanol–water partition coefficient (Wildman–Crippen LogP) is 3.04.